The molecule has 2 fully saturated rings. The largest absolute Gasteiger partial charge is 0.349 e. The van der Waals surface area contributed by atoms with E-state index in [-0.39, 0.29) is 5.41 Å². The Kier molecular flexibility index (Phi) is 4.82. The first-order valence-electron chi connectivity index (χ1n) is 9.90. The monoisotopic (exact) mass is 348 g/mol. The van der Waals surface area contributed by atoms with Gasteiger partial charge < -0.3 is 18.9 Å². The van der Waals surface area contributed by atoms with Gasteiger partial charge in [0.2, 0.25) is 0 Å². The smallest absolute Gasteiger partial charge is 0.168 e. The van der Waals surface area contributed by atoms with Crippen molar-refractivity contribution in [1.82, 2.24) is 0 Å². The summed E-state index contributed by atoms with van der Waals surface area (Å²) >= 11 is 0. The normalized spacial score (nSPS) is 47.9. The molecule has 0 aromatic rings. The van der Waals surface area contributed by atoms with Gasteiger partial charge in [-0.15, -0.1) is 0 Å². The molecule has 4 aliphatic rings. The summed E-state index contributed by atoms with van der Waals surface area (Å²) in [6, 6.07) is 0. The predicted octanol–water partition coefficient (Wildman–Crippen LogP) is 4.21. The molecule has 2 aliphatic carbocycles. The molecule has 2 atom stereocenters. The van der Waals surface area contributed by atoms with E-state index in [2.05, 4.69) is 38.2 Å². The Hall–Kier alpha value is -0.680. The quantitative estimate of drug-likeness (QED) is 0.701. The maximum absolute atomic E-state index is 6.28. The minimum absolute atomic E-state index is 0.159. The highest BCUT2D eigenvalue weighted by Crippen LogP contribution is 2.44. The van der Waals surface area contributed by atoms with Crippen molar-refractivity contribution in [2.75, 3.05) is 26.4 Å². The van der Waals surface area contributed by atoms with E-state index in [1.807, 2.05) is 0 Å². The van der Waals surface area contributed by atoms with Gasteiger partial charge in [-0.3, -0.25) is 0 Å². The molecule has 4 nitrogen and oxygen atoms in total. The van der Waals surface area contributed by atoms with Crippen LogP contribution in [-0.4, -0.2) is 38.0 Å². The number of rotatable bonds is 2. The van der Waals surface area contributed by atoms with Crippen LogP contribution in [0, 0.1) is 17.3 Å². The molecule has 4 heteroatoms. The summed E-state index contributed by atoms with van der Waals surface area (Å²) < 4.78 is 25.1. The Labute approximate surface area is 151 Å². The van der Waals surface area contributed by atoms with E-state index in [1.165, 1.54) is 0 Å². The number of allylic oxidation sites excluding steroid dienone is 4. The van der Waals surface area contributed by atoms with Crippen LogP contribution >= 0.6 is 0 Å². The summed E-state index contributed by atoms with van der Waals surface area (Å²) in [6.07, 6.45) is 15.6. The van der Waals surface area contributed by atoms with Gasteiger partial charge in [0.15, 0.2) is 11.6 Å². The average Bonchev–Trinajstić information content (AvgIpc) is 2.68. The van der Waals surface area contributed by atoms with Crippen molar-refractivity contribution in [2.24, 2.45) is 17.3 Å². The fourth-order valence-electron chi connectivity index (χ4n) is 4.53. The predicted molar refractivity (Wildman–Crippen MR) is 96.0 cm³/mol. The highest BCUT2D eigenvalue weighted by molar-refractivity contribution is 4.99. The van der Waals surface area contributed by atoms with Crippen LogP contribution < -0.4 is 0 Å². The van der Waals surface area contributed by atoms with Gasteiger partial charge >= 0.3 is 0 Å². The lowest BCUT2D eigenvalue weighted by Crippen LogP contribution is -2.60. The van der Waals surface area contributed by atoms with Crippen LogP contribution in [0.3, 0.4) is 0 Å². The standard InChI is InChI=1S/C21H32O4/c1-19(17-9-5-3-6-10-17)22-13-21(14-23-19)15-24-20(2,25-16-21)18-11-7-4-8-12-18/h3-5,7,17-18H,6,8-16H2,1-2H3. The first-order chi connectivity index (χ1) is 12.0. The fraction of sp³-hybridized carbons (Fsp3) is 0.810. The lowest BCUT2D eigenvalue weighted by Gasteiger charge is -2.52. The van der Waals surface area contributed by atoms with Crippen molar-refractivity contribution in [3.05, 3.63) is 24.3 Å². The van der Waals surface area contributed by atoms with Crippen LogP contribution in [0.2, 0.25) is 0 Å². The van der Waals surface area contributed by atoms with Crippen molar-refractivity contribution in [3.63, 3.8) is 0 Å². The second-order valence-electron chi connectivity index (χ2n) is 8.65. The molecule has 0 N–H and O–H groups in total. The number of hydrogen-bond acceptors (Lipinski definition) is 4. The van der Waals surface area contributed by atoms with Gasteiger partial charge in [-0.25, -0.2) is 0 Å². The van der Waals surface area contributed by atoms with Gasteiger partial charge in [0, 0.05) is 11.8 Å². The summed E-state index contributed by atoms with van der Waals surface area (Å²) in [6.45, 7) is 6.84. The van der Waals surface area contributed by atoms with Crippen LogP contribution in [0.25, 0.3) is 0 Å². The van der Waals surface area contributed by atoms with E-state index in [1.54, 1.807) is 0 Å². The van der Waals surface area contributed by atoms with Crippen LogP contribution in [-0.2, 0) is 18.9 Å². The molecule has 1 spiro atoms. The third-order valence-electron chi connectivity index (χ3n) is 6.68. The Morgan fingerprint density at radius 2 is 1.04 bits per heavy atom. The van der Waals surface area contributed by atoms with Crippen molar-refractivity contribution in [1.29, 1.82) is 0 Å². The lowest BCUT2D eigenvalue weighted by molar-refractivity contribution is -0.379. The zero-order chi connectivity index (χ0) is 17.4. The molecule has 2 aliphatic heterocycles. The second kappa shape index (κ2) is 6.80. The van der Waals surface area contributed by atoms with E-state index in [0.717, 1.165) is 38.5 Å². The molecule has 140 valence electrons. The molecule has 0 amide bonds. The summed E-state index contributed by atoms with van der Waals surface area (Å²) in [4.78, 5) is 0. The van der Waals surface area contributed by atoms with Crippen LogP contribution in [0.15, 0.2) is 24.3 Å². The van der Waals surface area contributed by atoms with Gasteiger partial charge in [-0.2, -0.15) is 0 Å². The Morgan fingerprint density at radius 1 is 0.640 bits per heavy atom. The second-order valence-corrected chi connectivity index (χ2v) is 8.65. The molecule has 0 aromatic carbocycles. The van der Waals surface area contributed by atoms with Crippen molar-refractivity contribution in [3.8, 4) is 0 Å². The molecule has 0 aromatic heterocycles. The van der Waals surface area contributed by atoms with Crippen LogP contribution in [0.5, 0.6) is 0 Å². The maximum atomic E-state index is 6.28. The summed E-state index contributed by atoms with van der Waals surface area (Å²) in [5.74, 6) is -0.0466. The number of ether oxygens (including phenoxy) is 4. The fourth-order valence-corrected chi connectivity index (χ4v) is 4.53. The molecule has 2 unspecified atom stereocenters. The van der Waals surface area contributed by atoms with Gasteiger partial charge in [-0.1, -0.05) is 24.3 Å². The zero-order valence-corrected chi connectivity index (χ0v) is 15.7. The van der Waals surface area contributed by atoms with Gasteiger partial charge in [0.1, 0.15) is 0 Å². The molecule has 0 saturated carbocycles. The van der Waals surface area contributed by atoms with Crippen LogP contribution in [0.1, 0.15) is 52.4 Å². The first-order valence-corrected chi connectivity index (χ1v) is 9.90. The van der Waals surface area contributed by atoms with E-state index < -0.39 is 11.6 Å². The van der Waals surface area contributed by atoms with E-state index >= 15 is 0 Å². The average molecular weight is 348 g/mol. The first kappa shape index (κ1) is 17.7. The van der Waals surface area contributed by atoms with Gasteiger partial charge in [-0.05, 0) is 52.4 Å². The minimum Gasteiger partial charge on any atom is -0.349 e. The van der Waals surface area contributed by atoms with Gasteiger partial charge in [0.05, 0.1) is 31.8 Å². The molecule has 4 rings (SSSR count). The van der Waals surface area contributed by atoms with Crippen LogP contribution in [0.4, 0.5) is 0 Å². The molecule has 0 bridgehead atoms. The minimum atomic E-state index is -0.467. The van der Waals surface area contributed by atoms with E-state index in [0.29, 0.717) is 38.3 Å². The van der Waals surface area contributed by atoms with E-state index in [9.17, 15) is 0 Å². The highest BCUT2D eigenvalue weighted by atomic mass is 16.7. The van der Waals surface area contributed by atoms with Gasteiger partial charge in [0.25, 0.3) is 0 Å². The molecular formula is C21H32O4. The zero-order valence-electron chi connectivity index (χ0n) is 15.7. The summed E-state index contributed by atoms with van der Waals surface area (Å²) in [5, 5.41) is 0. The van der Waals surface area contributed by atoms with Crippen molar-refractivity contribution >= 4 is 0 Å². The molecule has 0 radical (unpaired) electrons. The topological polar surface area (TPSA) is 36.9 Å². The van der Waals surface area contributed by atoms with Crippen molar-refractivity contribution in [2.45, 2.75) is 63.9 Å². The molecule has 2 heterocycles. The SMILES string of the molecule is CC1(C2CC=CCC2)OCC2(CO1)COC(C)(C1CC=CCC1)OC2. The maximum Gasteiger partial charge on any atom is 0.168 e. The molecule has 2 saturated heterocycles. The molecular weight excluding hydrogens is 316 g/mol. The Bertz CT molecular complexity index is 471. The Balaban J connectivity index is 1.35. The number of hydrogen-bond donors (Lipinski definition) is 0. The van der Waals surface area contributed by atoms with E-state index in [4.69, 9.17) is 18.9 Å². The summed E-state index contributed by atoms with van der Waals surface area (Å²) in [5.41, 5.74) is -0.159. The third kappa shape index (κ3) is 3.46. The highest BCUT2D eigenvalue weighted by Gasteiger charge is 2.51. The van der Waals surface area contributed by atoms with Crippen molar-refractivity contribution < 1.29 is 18.9 Å². The lowest BCUT2D eigenvalue weighted by atomic mass is 9.83. The molecule has 25 heavy (non-hydrogen) atoms. The Morgan fingerprint density at radius 3 is 1.36 bits per heavy atom. The summed E-state index contributed by atoms with van der Waals surface area (Å²) in [7, 11) is 0. The third-order valence-corrected chi connectivity index (χ3v) is 6.68.